The number of rotatable bonds is 5. The Balaban J connectivity index is 1.54. The van der Waals surface area contributed by atoms with Gasteiger partial charge in [-0.25, -0.2) is 0 Å². The average molecular weight is 371 g/mol. The molecule has 1 saturated heterocycles. The maximum Gasteiger partial charge on any atom is 0.223 e. The number of halogens is 1. The third-order valence-electron chi connectivity index (χ3n) is 4.80. The van der Waals surface area contributed by atoms with Gasteiger partial charge in [-0.2, -0.15) is 0 Å². The monoisotopic (exact) mass is 370 g/mol. The molecule has 0 aliphatic carbocycles. The lowest BCUT2D eigenvalue weighted by molar-refractivity contribution is -0.131. The number of hydrogen-bond donors (Lipinski definition) is 0. The van der Waals surface area contributed by atoms with Gasteiger partial charge < -0.3 is 9.80 Å². The molecule has 4 nitrogen and oxygen atoms in total. The van der Waals surface area contributed by atoms with Gasteiger partial charge in [-0.05, 0) is 43.2 Å². The molecule has 1 aliphatic heterocycles. The first-order valence-electron chi connectivity index (χ1n) is 8.92. The third-order valence-corrected chi connectivity index (χ3v) is 5.05. The Morgan fingerprint density at radius 1 is 0.962 bits per heavy atom. The molecule has 0 radical (unpaired) electrons. The van der Waals surface area contributed by atoms with Gasteiger partial charge >= 0.3 is 0 Å². The summed E-state index contributed by atoms with van der Waals surface area (Å²) in [5, 5.41) is 0.710. The van der Waals surface area contributed by atoms with E-state index < -0.39 is 0 Å². The number of hydrogen-bond acceptors (Lipinski definition) is 3. The fourth-order valence-corrected chi connectivity index (χ4v) is 3.43. The Kier molecular flexibility index (Phi) is 5.94. The van der Waals surface area contributed by atoms with Gasteiger partial charge in [-0.1, -0.05) is 35.9 Å². The van der Waals surface area contributed by atoms with E-state index >= 15 is 0 Å². The molecule has 0 aromatic heterocycles. The van der Waals surface area contributed by atoms with E-state index in [1.54, 1.807) is 6.92 Å². The zero-order valence-electron chi connectivity index (χ0n) is 15.0. The van der Waals surface area contributed by atoms with E-state index in [4.69, 9.17) is 11.6 Å². The summed E-state index contributed by atoms with van der Waals surface area (Å²) in [7, 11) is 0. The SMILES string of the molecule is CC(=O)c1ccccc1N1CCN(C(=O)CCc2ccc(Cl)cc2)CC1. The second-order valence-corrected chi connectivity index (χ2v) is 7.00. The van der Waals surface area contributed by atoms with Gasteiger partial charge in [0, 0.05) is 48.9 Å². The third kappa shape index (κ3) is 4.44. The molecule has 136 valence electrons. The lowest BCUT2D eigenvalue weighted by Crippen LogP contribution is -2.49. The number of anilines is 1. The second-order valence-electron chi connectivity index (χ2n) is 6.57. The normalized spacial score (nSPS) is 14.4. The van der Waals surface area contributed by atoms with Crippen molar-refractivity contribution in [2.75, 3.05) is 31.1 Å². The molecule has 1 aliphatic rings. The molecule has 26 heavy (non-hydrogen) atoms. The van der Waals surface area contributed by atoms with Crippen LogP contribution in [0.1, 0.15) is 29.3 Å². The largest absolute Gasteiger partial charge is 0.367 e. The van der Waals surface area contributed by atoms with Crippen molar-refractivity contribution in [2.24, 2.45) is 0 Å². The molecule has 0 bridgehead atoms. The average Bonchev–Trinajstić information content (AvgIpc) is 2.67. The van der Waals surface area contributed by atoms with Crippen LogP contribution in [-0.4, -0.2) is 42.8 Å². The molecule has 0 N–H and O–H groups in total. The van der Waals surface area contributed by atoms with E-state index in [-0.39, 0.29) is 11.7 Å². The summed E-state index contributed by atoms with van der Waals surface area (Å²) in [6.07, 6.45) is 1.23. The molecule has 3 rings (SSSR count). The van der Waals surface area contributed by atoms with Gasteiger partial charge in [0.25, 0.3) is 0 Å². The molecular formula is C21H23ClN2O2. The highest BCUT2D eigenvalue weighted by atomic mass is 35.5. The molecular weight excluding hydrogens is 348 g/mol. The number of nitrogens with zero attached hydrogens (tertiary/aromatic N) is 2. The van der Waals surface area contributed by atoms with Crippen molar-refractivity contribution >= 4 is 29.0 Å². The number of piperazine rings is 1. The molecule has 1 heterocycles. The smallest absolute Gasteiger partial charge is 0.223 e. The molecule has 2 aromatic rings. The number of amides is 1. The minimum atomic E-state index is 0.0714. The number of aryl methyl sites for hydroxylation is 1. The van der Waals surface area contributed by atoms with E-state index in [1.165, 1.54) is 0 Å². The zero-order valence-corrected chi connectivity index (χ0v) is 15.7. The van der Waals surface area contributed by atoms with Crippen LogP contribution in [0.5, 0.6) is 0 Å². The first-order chi connectivity index (χ1) is 12.5. The molecule has 1 fully saturated rings. The number of carbonyl (C=O) groups is 2. The van der Waals surface area contributed by atoms with E-state index in [1.807, 2.05) is 53.4 Å². The van der Waals surface area contributed by atoms with Crippen molar-refractivity contribution in [1.29, 1.82) is 0 Å². The van der Waals surface area contributed by atoms with Gasteiger partial charge in [0.1, 0.15) is 0 Å². The first-order valence-corrected chi connectivity index (χ1v) is 9.29. The minimum absolute atomic E-state index is 0.0714. The Morgan fingerprint density at radius 2 is 1.62 bits per heavy atom. The van der Waals surface area contributed by atoms with Gasteiger partial charge in [0.15, 0.2) is 5.78 Å². The number of Topliss-reactive ketones (excluding diaryl/α,β-unsaturated/α-hetero) is 1. The van der Waals surface area contributed by atoms with E-state index in [0.717, 1.165) is 36.3 Å². The van der Waals surface area contributed by atoms with Gasteiger partial charge in [0.05, 0.1) is 0 Å². The van der Waals surface area contributed by atoms with Crippen LogP contribution in [0.25, 0.3) is 0 Å². The number of ketones is 1. The fraction of sp³-hybridized carbons (Fsp3) is 0.333. The predicted molar refractivity (Wildman–Crippen MR) is 105 cm³/mol. The second kappa shape index (κ2) is 8.37. The minimum Gasteiger partial charge on any atom is -0.367 e. The van der Waals surface area contributed by atoms with E-state index in [9.17, 15) is 9.59 Å². The summed E-state index contributed by atoms with van der Waals surface area (Å²) in [4.78, 5) is 28.4. The maximum absolute atomic E-state index is 12.5. The first kappa shape index (κ1) is 18.5. The van der Waals surface area contributed by atoms with Crippen LogP contribution in [0.3, 0.4) is 0 Å². The fourth-order valence-electron chi connectivity index (χ4n) is 3.30. The van der Waals surface area contributed by atoms with E-state index in [0.29, 0.717) is 24.5 Å². The van der Waals surface area contributed by atoms with Gasteiger partial charge in [0.2, 0.25) is 5.91 Å². The van der Waals surface area contributed by atoms with Crippen molar-refractivity contribution in [3.05, 3.63) is 64.7 Å². The van der Waals surface area contributed by atoms with Crippen LogP contribution < -0.4 is 4.90 Å². The Hall–Kier alpha value is -2.33. The van der Waals surface area contributed by atoms with Crippen LogP contribution in [0.2, 0.25) is 5.02 Å². The van der Waals surface area contributed by atoms with Crippen molar-refractivity contribution in [1.82, 2.24) is 4.90 Å². The Morgan fingerprint density at radius 3 is 2.27 bits per heavy atom. The zero-order chi connectivity index (χ0) is 18.5. The highest BCUT2D eigenvalue weighted by Crippen LogP contribution is 2.22. The Labute approximate surface area is 159 Å². The molecule has 0 atom stereocenters. The number of carbonyl (C=O) groups excluding carboxylic acids is 2. The summed E-state index contributed by atoms with van der Waals surface area (Å²) in [5.74, 6) is 0.251. The lowest BCUT2D eigenvalue weighted by Gasteiger charge is -2.37. The molecule has 1 amide bonds. The van der Waals surface area contributed by atoms with Crippen LogP contribution in [0.4, 0.5) is 5.69 Å². The van der Waals surface area contributed by atoms with E-state index in [2.05, 4.69) is 4.90 Å². The molecule has 2 aromatic carbocycles. The number of para-hydroxylation sites is 1. The predicted octanol–water partition coefficient (Wildman–Crippen LogP) is 3.82. The topological polar surface area (TPSA) is 40.6 Å². The Bertz CT molecular complexity index is 781. The van der Waals surface area contributed by atoms with Crippen molar-refractivity contribution < 1.29 is 9.59 Å². The lowest BCUT2D eigenvalue weighted by atomic mass is 10.1. The maximum atomic E-state index is 12.5. The standard InChI is InChI=1S/C21H23ClN2O2/c1-16(25)19-4-2-3-5-20(19)23-12-14-24(15-13-23)21(26)11-8-17-6-9-18(22)10-7-17/h2-7,9-10H,8,11-15H2,1H3. The van der Waals surface area contributed by atoms with Gasteiger partial charge in [-0.3, -0.25) is 9.59 Å². The molecule has 0 spiro atoms. The highest BCUT2D eigenvalue weighted by molar-refractivity contribution is 6.30. The van der Waals surface area contributed by atoms with Crippen LogP contribution in [-0.2, 0) is 11.2 Å². The van der Waals surface area contributed by atoms with Crippen molar-refractivity contribution in [2.45, 2.75) is 19.8 Å². The van der Waals surface area contributed by atoms with Crippen LogP contribution in [0.15, 0.2) is 48.5 Å². The summed E-state index contributed by atoms with van der Waals surface area (Å²) in [5.41, 5.74) is 2.83. The van der Waals surface area contributed by atoms with Gasteiger partial charge in [-0.15, -0.1) is 0 Å². The number of benzene rings is 2. The quantitative estimate of drug-likeness (QED) is 0.751. The molecule has 0 unspecified atom stereocenters. The summed E-state index contributed by atoms with van der Waals surface area (Å²) >= 11 is 5.89. The summed E-state index contributed by atoms with van der Waals surface area (Å²) < 4.78 is 0. The van der Waals surface area contributed by atoms with Crippen LogP contribution >= 0.6 is 11.6 Å². The van der Waals surface area contributed by atoms with Crippen molar-refractivity contribution in [3.63, 3.8) is 0 Å². The van der Waals surface area contributed by atoms with Crippen LogP contribution in [0, 0.1) is 0 Å². The molecule has 5 heteroatoms. The summed E-state index contributed by atoms with van der Waals surface area (Å²) in [6.45, 7) is 4.46. The van der Waals surface area contributed by atoms with Crippen molar-refractivity contribution in [3.8, 4) is 0 Å². The highest BCUT2D eigenvalue weighted by Gasteiger charge is 2.23. The summed E-state index contributed by atoms with van der Waals surface area (Å²) in [6, 6.07) is 15.3. The molecule has 0 saturated carbocycles.